The maximum absolute atomic E-state index is 11.5. The lowest BCUT2D eigenvalue weighted by Crippen LogP contribution is -2.28. The molecule has 0 radical (unpaired) electrons. The van der Waals surface area contributed by atoms with Gasteiger partial charge in [0.15, 0.2) is 0 Å². The van der Waals surface area contributed by atoms with Gasteiger partial charge in [0, 0.05) is 23.9 Å². The van der Waals surface area contributed by atoms with Crippen LogP contribution in [0.15, 0.2) is 24.5 Å². The van der Waals surface area contributed by atoms with Crippen molar-refractivity contribution >= 4 is 5.91 Å². The summed E-state index contributed by atoms with van der Waals surface area (Å²) in [5.74, 6) is 0.0999. The molecule has 1 aromatic rings. The van der Waals surface area contributed by atoms with Gasteiger partial charge in [0.25, 0.3) is 0 Å². The number of aromatic nitrogens is 1. The minimum atomic E-state index is -0.577. The highest BCUT2D eigenvalue weighted by molar-refractivity contribution is 5.81. The zero-order chi connectivity index (χ0) is 10.7. The largest absolute Gasteiger partial charge is 0.336 e. The molecular weight excluding hydrogens is 190 g/mol. The van der Waals surface area contributed by atoms with Crippen molar-refractivity contribution in [2.24, 2.45) is 5.92 Å². The Balaban J connectivity index is 2.05. The van der Waals surface area contributed by atoms with E-state index in [9.17, 15) is 4.79 Å². The summed E-state index contributed by atoms with van der Waals surface area (Å²) in [6.45, 7) is 0. The van der Waals surface area contributed by atoms with E-state index >= 15 is 0 Å². The molecule has 1 amide bonds. The number of carbonyl (C=O) groups is 1. The minimum Gasteiger partial charge on any atom is -0.336 e. The Kier molecular flexibility index (Phi) is 2.64. The number of rotatable bonds is 3. The van der Waals surface area contributed by atoms with Gasteiger partial charge in [0.05, 0.1) is 6.07 Å². The number of amides is 1. The fraction of sp³-hybridized carbons (Fsp3) is 0.364. The number of nitrogens with zero attached hydrogens (tertiary/aromatic N) is 2. The van der Waals surface area contributed by atoms with Gasteiger partial charge in [-0.15, -0.1) is 0 Å². The maximum atomic E-state index is 11.5. The van der Waals surface area contributed by atoms with Gasteiger partial charge in [-0.3, -0.25) is 9.78 Å². The summed E-state index contributed by atoms with van der Waals surface area (Å²) in [5.41, 5.74) is 0.731. The van der Waals surface area contributed by atoms with Crippen LogP contribution in [0.2, 0.25) is 0 Å². The number of carbonyl (C=O) groups excluding carboxylic acids is 1. The fourth-order valence-electron chi connectivity index (χ4n) is 1.34. The molecule has 0 bridgehead atoms. The second kappa shape index (κ2) is 4.09. The molecule has 1 fully saturated rings. The Labute approximate surface area is 87.9 Å². The van der Waals surface area contributed by atoms with Crippen LogP contribution >= 0.6 is 0 Å². The molecule has 1 aromatic heterocycles. The van der Waals surface area contributed by atoms with Gasteiger partial charge in [0.2, 0.25) is 5.91 Å². The molecule has 2 rings (SSSR count). The number of nitriles is 1. The summed E-state index contributed by atoms with van der Waals surface area (Å²) in [6, 6.07) is 5.02. The first-order valence-corrected chi connectivity index (χ1v) is 4.91. The van der Waals surface area contributed by atoms with Gasteiger partial charge < -0.3 is 5.32 Å². The van der Waals surface area contributed by atoms with Crippen LogP contribution in [0.5, 0.6) is 0 Å². The molecule has 1 unspecified atom stereocenters. The van der Waals surface area contributed by atoms with Crippen LogP contribution in [0.4, 0.5) is 0 Å². The highest BCUT2D eigenvalue weighted by atomic mass is 16.2. The molecule has 1 atom stereocenters. The van der Waals surface area contributed by atoms with Gasteiger partial charge in [0.1, 0.15) is 6.04 Å². The lowest BCUT2D eigenvalue weighted by molar-refractivity contribution is -0.122. The number of nitrogens with one attached hydrogen (secondary N) is 1. The number of hydrogen-bond donors (Lipinski definition) is 1. The van der Waals surface area contributed by atoms with Gasteiger partial charge >= 0.3 is 0 Å². The Bertz CT molecular complexity index is 392. The molecule has 1 saturated carbocycles. The Morgan fingerprint density at radius 1 is 1.67 bits per heavy atom. The predicted molar refractivity (Wildman–Crippen MR) is 53.5 cm³/mol. The smallest absolute Gasteiger partial charge is 0.224 e. The molecule has 4 heteroatoms. The molecule has 76 valence electrons. The topological polar surface area (TPSA) is 65.8 Å². The summed E-state index contributed by atoms with van der Waals surface area (Å²) in [7, 11) is 0. The van der Waals surface area contributed by atoms with Crippen LogP contribution in [-0.2, 0) is 4.79 Å². The zero-order valence-electron chi connectivity index (χ0n) is 8.18. The van der Waals surface area contributed by atoms with E-state index in [2.05, 4.69) is 16.4 Å². The van der Waals surface area contributed by atoms with E-state index in [0.717, 1.165) is 18.4 Å². The van der Waals surface area contributed by atoms with E-state index in [1.165, 1.54) is 0 Å². The summed E-state index contributed by atoms with van der Waals surface area (Å²) < 4.78 is 0. The third-order valence-electron chi connectivity index (χ3n) is 2.38. The van der Waals surface area contributed by atoms with Crippen molar-refractivity contribution in [2.45, 2.75) is 18.9 Å². The molecule has 1 N–H and O–H groups in total. The van der Waals surface area contributed by atoms with Crippen LogP contribution in [0.3, 0.4) is 0 Å². The van der Waals surface area contributed by atoms with Crippen LogP contribution in [0.25, 0.3) is 0 Å². The molecule has 0 aliphatic heterocycles. The maximum Gasteiger partial charge on any atom is 0.224 e. The van der Waals surface area contributed by atoms with Crippen molar-refractivity contribution in [2.75, 3.05) is 0 Å². The molecule has 4 nitrogen and oxygen atoms in total. The number of pyridine rings is 1. The summed E-state index contributed by atoms with van der Waals surface area (Å²) >= 11 is 0. The normalized spacial score (nSPS) is 16.5. The van der Waals surface area contributed by atoms with Gasteiger partial charge in [-0.1, -0.05) is 6.07 Å². The summed E-state index contributed by atoms with van der Waals surface area (Å²) in [5, 5.41) is 11.6. The van der Waals surface area contributed by atoms with Gasteiger partial charge in [-0.05, 0) is 18.9 Å². The number of hydrogen-bond acceptors (Lipinski definition) is 3. The van der Waals surface area contributed by atoms with Gasteiger partial charge in [-0.2, -0.15) is 5.26 Å². The average molecular weight is 201 g/mol. The molecule has 1 aliphatic carbocycles. The van der Waals surface area contributed by atoms with E-state index in [-0.39, 0.29) is 11.8 Å². The summed E-state index contributed by atoms with van der Waals surface area (Å²) in [6.07, 6.45) is 5.12. The third kappa shape index (κ3) is 2.32. The van der Waals surface area contributed by atoms with E-state index in [0.29, 0.717) is 0 Å². The molecule has 15 heavy (non-hydrogen) atoms. The van der Waals surface area contributed by atoms with Crippen molar-refractivity contribution in [1.82, 2.24) is 10.3 Å². The molecule has 0 spiro atoms. The molecular formula is C11H11N3O. The fourth-order valence-corrected chi connectivity index (χ4v) is 1.34. The molecule has 1 aliphatic rings. The van der Waals surface area contributed by atoms with Crippen LogP contribution in [0, 0.1) is 17.2 Å². The van der Waals surface area contributed by atoms with Crippen molar-refractivity contribution < 1.29 is 4.79 Å². The first kappa shape index (κ1) is 9.66. The lowest BCUT2D eigenvalue weighted by Gasteiger charge is -2.10. The highest BCUT2D eigenvalue weighted by Crippen LogP contribution is 2.29. The van der Waals surface area contributed by atoms with Crippen LogP contribution in [-0.4, -0.2) is 10.9 Å². The van der Waals surface area contributed by atoms with Crippen molar-refractivity contribution in [3.8, 4) is 6.07 Å². The Morgan fingerprint density at radius 3 is 3.00 bits per heavy atom. The summed E-state index contributed by atoms with van der Waals surface area (Å²) in [4.78, 5) is 15.4. The zero-order valence-corrected chi connectivity index (χ0v) is 8.18. The lowest BCUT2D eigenvalue weighted by atomic mass is 10.1. The first-order chi connectivity index (χ1) is 7.31. The Hall–Kier alpha value is -1.89. The van der Waals surface area contributed by atoms with E-state index in [1.54, 1.807) is 24.5 Å². The molecule has 0 aromatic carbocycles. The van der Waals surface area contributed by atoms with Gasteiger partial charge in [-0.25, -0.2) is 0 Å². The van der Waals surface area contributed by atoms with E-state index < -0.39 is 6.04 Å². The van der Waals surface area contributed by atoms with Crippen molar-refractivity contribution in [3.63, 3.8) is 0 Å². The molecule has 0 saturated heterocycles. The average Bonchev–Trinajstić information content (AvgIpc) is 3.10. The first-order valence-electron chi connectivity index (χ1n) is 4.91. The second-order valence-corrected chi connectivity index (χ2v) is 3.63. The van der Waals surface area contributed by atoms with E-state index in [4.69, 9.17) is 5.26 Å². The van der Waals surface area contributed by atoms with Crippen molar-refractivity contribution in [1.29, 1.82) is 5.26 Å². The second-order valence-electron chi connectivity index (χ2n) is 3.63. The third-order valence-corrected chi connectivity index (χ3v) is 2.38. The SMILES string of the molecule is N#CC(NC(=O)C1CC1)c1cccnc1. The van der Waals surface area contributed by atoms with Crippen molar-refractivity contribution in [3.05, 3.63) is 30.1 Å². The minimum absolute atomic E-state index is 0.0228. The molecule has 1 heterocycles. The van der Waals surface area contributed by atoms with Crippen LogP contribution < -0.4 is 5.32 Å². The highest BCUT2D eigenvalue weighted by Gasteiger charge is 2.31. The Morgan fingerprint density at radius 2 is 2.47 bits per heavy atom. The standard InChI is InChI=1S/C11H11N3O/c12-6-10(9-2-1-5-13-7-9)14-11(15)8-3-4-8/h1-2,5,7-8,10H,3-4H2,(H,14,15). The quantitative estimate of drug-likeness (QED) is 0.798. The van der Waals surface area contributed by atoms with E-state index in [1.807, 2.05) is 0 Å². The predicted octanol–water partition coefficient (Wildman–Crippen LogP) is 1.17. The van der Waals surface area contributed by atoms with Crippen LogP contribution in [0.1, 0.15) is 24.4 Å². The monoisotopic (exact) mass is 201 g/mol.